The molecule has 0 fully saturated rings. The first-order chi connectivity index (χ1) is 10.6. The molecule has 5 nitrogen and oxygen atoms in total. The number of thiophene rings is 1. The average molecular weight is 330 g/mol. The van der Waals surface area contributed by atoms with Gasteiger partial charge in [-0.15, -0.1) is 21.5 Å². The van der Waals surface area contributed by atoms with E-state index in [2.05, 4.69) is 16.3 Å². The highest BCUT2D eigenvalue weighted by atomic mass is 32.2. The number of nitrogens with zero attached hydrogens (tertiary/aromatic N) is 3. The van der Waals surface area contributed by atoms with Gasteiger partial charge in [-0.2, -0.15) is 0 Å². The number of aryl methyl sites for hydroxylation is 1. The third-order valence-corrected chi connectivity index (χ3v) is 4.80. The van der Waals surface area contributed by atoms with Crippen LogP contribution in [-0.4, -0.2) is 26.4 Å². The van der Waals surface area contributed by atoms with Crippen molar-refractivity contribution in [2.75, 3.05) is 5.75 Å². The highest BCUT2D eigenvalue weighted by Gasteiger charge is 2.17. The minimum absolute atomic E-state index is 0.175. The Morgan fingerprint density at radius 2 is 2.18 bits per heavy atom. The molecule has 112 valence electrons. The van der Waals surface area contributed by atoms with Crippen LogP contribution in [0.3, 0.4) is 0 Å². The first kappa shape index (κ1) is 14.8. The van der Waals surface area contributed by atoms with Crippen molar-refractivity contribution in [2.45, 2.75) is 12.1 Å². The van der Waals surface area contributed by atoms with Crippen LogP contribution in [0.15, 0.2) is 46.9 Å². The number of hydrogen-bond acceptors (Lipinski definition) is 5. The molecule has 0 bridgehead atoms. The van der Waals surface area contributed by atoms with E-state index in [1.54, 1.807) is 11.3 Å². The molecule has 0 aliphatic heterocycles. The number of benzene rings is 1. The number of hydrogen-bond donors (Lipinski definition) is 1. The minimum Gasteiger partial charge on any atom is -0.369 e. The molecule has 2 heterocycles. The maximum absolute atomic E-state index is 11.1. The van der Waals surface area contributed by atoms with Crippen molar-refractivity contribution in [3.63, 3.8) is 0 Å². The van der Waals surface area contributed by atoms with E-state index in [1.165, 1.54) is 11.8 Å². The molecule has 0 radical (unpaired) electrons. The molecule has 0 aliphatic carbocycles. The topological polar surface area (TPSA) is 73.8 Å². The van der Waals surface area contributed by atoms with Gasteiger partial charge in [-0.1, -0.05) is 30.0 Å². The maximum atomic E-state index is 11.1. The summed E-state index contributed by atoms with van der Waals surface area (Å²) in [6, 6.07) is 12.1. The summed E-state index contributed by atoms with van der Waals surface area (Å²) in [6.07, 6.45) is 0. The number of carbonyl (C=O) groups excluding carboxylic acids is 1. The van der Waals surface area contributed by atoms with Gasteiger partial charge in [-0.3, -0.25) is 9.36 Å². The third-order valence-electron chi connectivity index (χ3n) is 2.98. The van der Waals surface area contributed by atoms with Crippen LogP contribution in [0, 0.1) is 6.92 Å². The van der Waals surface area contributed by atoms with Gasteiger partial charge in [-0.25, -0.2) is 0 Å². The molecule has 0 saturated heterocycles. The number of thioether (sulfide) groups is 1. The van der Waals surface area contributed by atoms with E-state index >= 15 is 0 Å². The molecule has 7 heteroatoms. The third kappa shape index (κ3) is 3.05. The lowest BCUT2D eigenvalue weighted by atomic mass is 10.2. The molecular weight excluding hydrogens is 316 g/mol. The van der Waals surface area contributed by atoms with Crippen molar-refractivity contribution in [3.05, 3.63) is 47.3 Å². The van der Waals surface area contributed by atoms with Crippen LogP contribution in [-0.2, 0) is 4.79 Å². The molecule has 2 aromatic heterocycles. The SMILES string of the molecule is Cc1cccc(-n2c(SCC(N)=O)nnc2-c2cccs2)c1. The summed E-state index contributed by atoms with van der Waals surface area (Å²) >= 11 is 2.90. The van der Waals surface area contributed by atoms with Gasteiger partial charge in [-0.05, 0) is 36.1 Å². The Morgan fingerprint density at radius 1 is 1.32 bits per heavy atom. The Bertz CT molecular complexity index is 796. The molecule has 2 N–H and O–H groups in total. The number of rotatable bonds is 5. The van der Waals surface area contributed by atoms with E-state index in [9.17, 15) is 4.79 Å². The van der Waals surface area contributed by atoms with Gasteiger partial charge in [0.2, 0.25) is 5.91 Å². The Balaban J connectivity index is 2.10. The minimum atomic E-state index is -0.374. The summed E-state index contributed by atoms with van der Waals surface area (Å²) in [4.78, 5) is 12.1. The van der Waals surface area contributed by atoms with Crippen molar-refractivity contribution >= 4 is 29.0 Å². The fourth-order valence-corrected chi connectivity index (χ4v) is 3.45. The van der Waals surface area contributed by atoms with Crippen LogP contribution in [0.4, 0.5) is 0 Å². The molecule has 3 rings (SSSR count). The Labute approximate surface area is 136 Å². The highest BCUT2D eigenvalue weighted by Crippen LogP contribution is 2.30. The first-order valence-electron chi connectivity index (χ1n) is 6.62. The van der Waals surface area contributed by atoms with Crippen molar-refractivity contribution in [1.82, 2.24) is 14.8 Å². The number of carbonyl (C=O) groups is 1. The second-order valence-electron chi connectivity index (χ2n) is 4.71. The van der Waals surface area contributed by atoms with Crippen molar-refractivity contribution < 1.29 is 4.79 Å². The van der Waals surface area contributed by atoms with Gasteiger partial charge < -0.3 is 5.73 Å². The van der Waals surface area contributed by atoms with E-state index in [1.807, 2.05) is 47.2 Å². The summed E-state index contributed by atoms with van der Waals surface area (Å²) in [7, 11) is 0. The number of aromatic nitrogens is 3. The standard InChI is InChI=1S/C15H14N4OS2/c1-10-4-2-5-11(8-10)19-14(12-6-3-7-21-12)17-18-15(19)22-9-13(16)20/h2-8H,9H2,1H3,(H2,16,20). The Morgan fingerprint density at radius 3 is 2.86 bits per heavy atom. The summed E-state index contributed by atoms with van der Waals surface area (Å²) in [5, 5.41) is 11.2. The molecule has 22 heavy (non-hydrogen) atoms. The molecule has 3 aromatic rings. The number of primary amides is 1. The fraction of sp³-hybridized carbons (Fsp3) is 0.133. The van der Waals surface area contributed by atoms with Crippen LogP contribution in [0.2, 0.25) is 0 Å². The van der Waals surface area contributed by atoms with E-state index < -0.39 is 0 Å². The van der Waals surface area contributed by atoms with E-state index in [0.717, 1.165) is 22.0 Å². The molecule has 0 saturated carbocycles. The summed E-state index contributed by atoms with van der Waals surface area (Å²) in [6.45, 7) is 2.04. The largest absolute Gasteiger partial charge is 0.369 e. The zero-order valence-electron chi connectivity index (χ0n) is 11.9. The van der Waals surface area contributed by atoms with Gasteiger partial charge in [0.15, 0.2) is 11.0 Å². The summed E-state index contributed by atoms with van der Waals surface area (Å²) in [5.41, 5.74) is 7.36. The predicted molar refractivity (Wildman–Crippen MR) is 89.3 cm³/mol. The average Bonchev–Trinajstić information content (AvgIpc) is 3.14. The highest BCUT2D eigenvalue weighted by molar-refractivity contribution is 7.99. The van der Waals surface area contributed by atoms with Crippen LogP contribution in [0.25, 0.3) is 16.4 Å². The second kappa shape index (κ2) is 6.33. The first-order valence-corrected chi connectivity index (χ1v) is 8.49. The normalized spacial score (nSPS) is 10.8. The fourth-order valence-electron chi connectivity index (χ4n) is 2.06. The molecule has 0 atom stereocenters. The molecular formula is C15H14N4OS2. The molecule has 0 aliphatic rings. The van der Waals surface area contributed by atoms with Crippen molar-refractivity contribution in [3.8, 4) is 16.4 Å². The molecule has 1 amide bonds. The predicted octanol–water partition coefficient (Wildman–Crippen LogP) is 2.88. The molecule has 0 spiro atoms. The van der Waals surface area contributed by atoms with Crippen molar-refractivity contribution in [1.29, 1.82) is 0 Å². The number of nitrogens with two attached hydrogens (primary N) is 1. The Kier molecular flexibility index (Phi) is 4.26. The van der Waals surface area contributed by atoms with Crippen LogP contribution >= 0.6 is 23.1 Å². The smallest absolute Gasteiger partial charge is 0.227 e. The van der Waals surface area contributed by atoms with Crippen LogP contribution in [0.5, 0.6) is 0 Å². The lowest BCUT2D eigenvalue weighted by molar-refractivity contribution is -0.115. The maximum Gasteiger partial charge on any atom is 0.227 e. The van der Waals surface area contributed by atoms with E-state index in [-0.39, 0.29) is 11.7 Å². The number of amides is 1. The van der Waals surface area contributed by atoms with Gasteiger partial charge in [0, 0.05) is 0 Å². The van der Waals surface area contributed by atoms with Gasteiger partial charge in [0.05, 0.1) is 16.3 Å². The molecule has 1 aromatic carbocycles. The van der Waals surface area contributed by atoms with Crippen molar-refractivity contribution in [2.24, 2.45) is 5.73 Å². The quantitative estimate of drug-likeness (QED) is 0.730. The van der Waals surface area contributed by atoms with Crippen LogP contribution < -0.4 is 5.73 Å². The lowest BCUT2D eigenvalue weighted by Gasteiger charge is -2.09. The van der Waals surface area contributed by atoms with E-state index in [0.29, 0.717) is 5.16 Å². The van der Waals surface area contributed by atoms with Gasteiger partial charge >= 0.3 is 0 Å². The monoisotopic (exact) mass is 330 g/mol. The van der Waals surface area contributed by atoms with E-state index in [4.69, 9.17) is 5.73 Å². The molecule has 0 unspecified atom stereocenters. The van der Waals surface area contributed by atoms with Crippen LogP contribution in [0.1, 0.15) is 5.56 Å². The second-order valence-corrected chi connectivity index (χ2v) is 6.60. The van der Waals surface area contributed by atoms with Gasteiger partial charge in [0.25, 0.3) is 0 Å². The van der Waals surface area contributed by atoms with Gasteiger partial charge in [0.1, 0.15) is 0 Å². The zero-order chi connectivity index (χ0) is 15.5. The lowest BCUT2D eigenvalue weighted by Crippen LogP contribution is -2.13. The summed E-state index contributed by atoms with van der Waals surface area (Å²) in [5.74, 6) is 0.572. The Hall–Kier alpha value is -2.12. The zero-order valence-corrected chi connectivity index (χ0v) is 13.5. The summed E-state index contributed by atoms with van der Waals surface area (Å²) < 4.78 is 1.96.